The summed E-state index contributed by atoms with van der Waals surface area (Å²) in [6.07, 6.45) is 0.842. The normalized spacial score (nSPS) is 12.8. The number of nitrogens with zero attached hydrogens (tertiary/aromatic N) is 4. The Labute approximate surface area is 342 Å². The van der Waals surface area contributed by atoms with Gasteiger partial charge in [-0.05, 0) is 70.2 Å². The molecule has 0 radical (unpaired) electrons. The molecule has 59 heavy (non-hydrogen) atoms. The molecule has 2 aromatic carbocycles. The summed E-state index contributed by atoms with van der Waals surface area (Å²) < 4.78 is 31.7. The molecule has 0 bridgehead atoms. The Kier molecular flexibility index (Phi) is 14.3. The predicted molar refractivity (Wildman–Crippen MR) is 220 cm³/mol. The minimum Gasteiger partial charge on any atom is -0.480 e. The van der Waals surface area contributed by atoms with Crippen molar-refractivity contribution in [2.45, 2.75) is 78.0 Å². The van der Waals surface area contributed by atoms with Gasteiger partial charge in [0.2, 0.25) is 17.8 Å². The zero-order valence-electron chi connectivity index (χ0n) is 34.2. The standard InChI is InChI=1S/C40H53N8O10P/c1-39(2,3)57-59(55,58-40(4,5)6)21-16-31(49)41-17-11-18-42-37-45-35-34(36(53)46-37)44-25-48(35)22-32(50)47(23-33(51)52)20-19-43-38(54)56-24-30-28-14-9-7-12-26(28)27-13-8-10-15-29(27)30/h7-10,12-15,25,30H,11,16-24H2,1-6H3,(H,41,49)(H,43,54)(H,51,52)(H2,42,45,46,53). The van der Waals surface area contributed by atoms with Crippen LogP contribution in [0.1, 0.15) is 71.4 Å². The van der Waals surface area contributed by atoms with Crippen LogP contribution in [0.5, 0.6) is 0 Å². The van der Waals surface area contributed by atoms with Crippen molar-refractivity contribution in [3.8, 4) is 11.1 Å². The first-order chi connectivity index (χ1) is 27.8. The molecule has 5 rings (SSSR count). The van der Waals surface area contributed by atoms with Crippen LogP contribution in [-0.4, -0.2) is 110 Å². The SMILES string of the molecule is CC(C)(C)OP(=O)(CCC(=O)NCCCNc1nc2c(ncn2CC(=O)N(CCNC(=O)OCC2c3ccccc3-c3ccccc32)CC(=O)O)c(=O)[nH]1)OC(C)(C)C. The molecule has 0 atom stereocenters. The maximum Gasteiger partial charge on any atom is 0.407 e. The molecule has 0 spiro atoms. The van der Waals surface area contributed by atoms with Crippen LogP contribution in [0.3, 0.4) is 0 Å². The number of H-pyrrole nitrogens is 1. The average molecular weight is 837 g/mol. The number of benzene rings is 2. The lowest BCUT2D eigenvalue weighted by Gasteiger charge is -2.32. The van der Waals surface area contributed by atoms with Crippen LogP contribution in [0.25, 0.3) is 22.3 Å². The molecule has 0 unspecified atom stereocenters. The zero-order valence-corrected chi connectivity index (χ0v) is 35.1. The van der Waals surface area contributed by atoms with Gasteiger partial charge >= 0.3 is 19.7 Å². The Morgan fingerprint density at radius 3 is 2.15 bits per heavy atom. The van der Waals surface area contributed by atoms with Crippen LogP contribution in [0.4, 0.5) is 10.7 Å². The molecular formula is C40H53N8O10P. The van der Waals surface area contributed by atoms with E-state index in [-0.39, 0.29) is 74.3 Å². The topological polar surface area (TPSA) is 236 Å². The maximum absolute atomic E-state index is 13.4. The molecule has 1 aliphatic carbocycles. The number of ether oxygens (including phenoxy) is 1. The second kappa shape index (κ2) is 19.0. The van der Waals surface area contributed by atoms with E-state index in [4.69, 9.17) is 13.8 Å². The molecule has 18 nitrogen and oxygen atoms in total. The molecule has 3 amide bonds. The molecule has 19 heteroatoms. The Morgan fingerprint density at radius 2 is 1.54 bits per heavy atom. The summed E-state index contributed by atoms with van der Waals surface area (Å²) in [7, 11) is -3.57. The van der Waals surface area contributed by atoms with Crippen molar-refractivity contribution in [2.75, 3.05) is 50.8 Å². The number of nitrogens with one attached hydrogen (secondary N) is 4. The van der Waals surface area contributed by atoms with Gasteiger partial charge in [-0.1, -0.05) is 48.5 Å². The fraction of sp³-hybridized carbons (Fsp3) is 0.475. The Bertz CT molecular complexity index is 2200. The number of hydrogen-bond acceptors (Lipinski definition) is 12. The number of aliphatic carboxylic acids is 1. The van der Waals surface area contributed by atoms with E-state index in [9.17, 15) is 33.6 Å². The maximum atomic E-state index is 13.4. The average Bonchev–Trinajstić information content (AvgIpc) is 3.69. The van der Waals surface area contributed by atoms with Gasteiger partial charge in [0.15, 0.2) is 11.2 Å². The van der Waals surface area contributed by atoms with E-state index in [1.165, 1.54) is 10.9 Å². The van der Waals surface area contributed by atoms with Crippen molar-refractivity contribution in [2.24, 2.45) is 0 Å². The summed E-state index contributed by atoms with van der Waals surface area (Å²) >= 11 is 0. The van der Waals surface area contributed by atoms with Crippen molar-refractivity contribution in [1.29, 1.82) is 0 Å². The zero-order chi connectivity index (χ0) is 43.0. The highest BCUT2D eigenvalue weighted by molar-refractivity contribution is 7.54. The Balaban J connectivity index is 1.09. The Morgan fingerprint density at radius 1 is 0.915 bits per heavy atom. The van der Waals surface area contributed by atoms with Crippen LogP contribution in [-0.2, 0) is 39.3 Å². The van der Waals surface area contributed by atoms with Crippen LogP contribution >= 0.6 is 7.60 Å². The monoisotopic (exact) mass is 836 g/mol. The first-order valence-electron chi connectivity index (χ1n) is 19.4. The molecule has 0 aliphatic heterocycles. The van der Waals surface area contributed by atoms with Crippen LogP contribution in [0, 0.1) is 0 Å². The summed E-state index contributed by atoms with van der Waals surface area (Å²) in [5.41, 5.74) is 2.33. The van der Waals surface area contributed by atoms with Crippen molar-refractivity contribution in [3.63, 3.8) is 0 Å². The molecule has 0 fully saturated rings. The van der Waals surface area contributed by atoms with Gasteiger partial charge in [0, 0.05) is 38.5 Å². The van der Waals surface area contributed by atoms with Gasteiger partial charge in [0.1, 0.15) is 19.7 Å². The first-order valence-corrected chi connectivity index (χ1v) is 21.1. The number of carboxylic acid groups (broad SMARTS) is 1. The number of aromatic amines is 1. The Hall–Kier alpha value is -5.58. The van der Waals surface area contributed by atoms with Gasteiger partial charge in [0.25, 0.3) is 5.56 Å². The summed E-state index contributed by atoms with van der Waals surface area (Å²) in [5.74, 6) is -2.24. The lowest BCUT2D eigenvalue weighted by atomic mass is 9.98. The van der Waals surface area contributed by atoms with Crippen LogP contribution < -0.4 is 21.5 Å². The van der Waals surface area contributed by atoms with Gasteiger partial charge in [0.05, 0.1) is 23.7 Å². The number of amides is 3. The van der Waals surface area contributed by atoms with Crippen molar-refractivity contribution in [3.05, 3.63) is 76.3 Å². The molecule has 5 N–H and O–H groups in total. The van der Waals surface area contributed by atoms with Crippen molar-refractivity contribution >= 4 is 48.6 Å². The van der Waals surface area contributed by atoms with Gasteiger partial charge in [-0.2, -0.15) is 4.98 Å². The summed E-state index contributed by atoms with van der Waals surface area (Å²) in [6, 6.07) is 15.9. The van der Waals surface area contributed by atoms with Crippen molar-refractivity contribution < 1.29 is 42.6 Å². The third-order valence-corrected chi connectivity index (χ3v) is 11.3. The lowest BCUT2D eigenvalue weighted by Crippen LogP contribution is -2.42. The van der Waals surface area contributed by atoms with E-state index >= 15 is 0 Å². The molecule has 4 aromatic rings. The molecule has 0 saturated heterocycles. The van der Waals surface area contributed by atoms with E-state index in [0.29, 0.717) is 13.0 Å². The van der Waals surface area contributed by atoms with E-state index in [1.807, 2.05) is 48.5 Å². The second-order valence-electron chi connectivity index (χ2n) is 16.0. The number of hydrogen-bond donors (Lipinski definition) is 5. The fourth-order valence-corrected chi connectivity index (χ4v) is 8.96. The number of fused-ring (bicyclic) bond motifs is 4. The number of carbonyl (C=O) groups is 4. The van der Waals surface area contributed by atoms with E-state index in [0.717, 1.165) is 27.2 Å². The number of alkyl carbamates (subject to hydrolysis) is 1. The van der Waals surface area contributed by atoms with E-state index < -0.39 is 48.9 Å². The second-order valence-corrected chi connectivity index (χ2v) is 18.1. The van der Waals surface area contributed by atoms with Crippen molar-refractivity contribution in [1.82, 2.24) is 35.1 Å². The highest BCUT2D eigenvalue weighted by atomic mass is 31.2. The number of rotatable bonds is 19. The van der Waals surface area contributed by atoms with Crippen LogP contribution in [0.2, 0.25) is 0 Å². The minimum absolute atomic E-state index is 0.0273. The highest BCUT2D eigenvalue weighted by Gasteiger charge is 2.35. The number of carboxylic acids is 1. The minimum atomic E-state index is -3.57. The highest BCUT2D eigenvalue weighted by Crippen LogP contribution is 2.54. The first kappa shape index (κ1) is 44.5. The van der Waals surface area contributed by atoms with Gasteiger partial charge in [-0.15, -0.1) is 0 Å². The molecular weight excluding hydrogens is 783 g/mol. The smallest absolute Gasteiger partial charge is 0.407 e. The third-order valence-electron chi connectivity index (χ3n) is 8.86. The number of anilines is 1. The molecule has 1 aliphatic rings. The summed E-state index contributed by atoms with van der Waals surface area (Å²) in [4.78, 5) is 75.3. The molecule has 0 saturated carbocycles. The quantitative estimate of drug-likeness (QED) is 0.0637. The van der Waals surface area contributed by atoms with Gasteiger partial charge < -0.3 is 44.3 Å². The summed E-state index contributed by atoms with van der Waals surface area (Å²) in [5, 5.41) is 17.9. The number of imidazole rings is 1. The van der Waals surface area contributed by atoms with E-state index in [2.05, 4.69) is 30.9 Å². The third kappa shape index (κ3) is 12.7. The van der Waals surface area contributed by atoms with Gasteiger partial charge in [-0.3, -0.25) is 28.7 Å². The molecule has 2 aromatic heterocycles. The largest absolute Gasteiger partial charge is 0.480 e. The molecule has 2 heterocycles. The summed E-state index contributed by atoms with van der Waals surface area (Å²) in [6.45, 7) is 10.0. The molecule has 318 valence electrons. The lowest BCUT2D eigenvalue weighted by molar-refractivity contribution is -0.144. The van der Waals surface area contributed by atoms with Crippen LogP contribution in [0.15, 0.2) is 59.7 Å². The van der Waals surface area contributed by atoms with Gasteiger partial charge in [-0.25, -0.2) is 9.78 Å². The van der Waals surface area contributed by atoms with E-state index in [1.54, 1.807) is 41.5 Å². The number of aromatic nitrogens is 4. The number of carbonyl (C=O) groups excluding carboxylic acids is 3. The fourth-order valence-electron chi connectivity index (χ4n) is 6.59. The predicted octanol–water partition coefficient (Wildman–Crippen LogP) is 4.70.